The Morgan fingerprint density at radius 3 is 2.58 bits per heavy atom. The molecule has 3 N–H and O–H groups in total. The quantitative estimate of drug-likeness (QED) is 0.884. The molecule has 0 spiro atoms. The molecule has 2 aromatic rings. The van der Waals surface area contributed by atoms with Gasteiger partial charge in [-0.3, -0.25) is 0 Å². The predicted molar refractivity (Wildman–Crippen MR) is 76.0 cm³/mol. The summed E-state index contributed by atoms with van der Waals surface area (Å²) in [4.78, 5) is 0. The number of para-hydroxylation sites is 1. The Balaban J connectivity index is 2.10. The van der Waals surface area contributed by atoms with Crippen LogP contribution in [0, 0.1) is 0 Å². The Morgan fingerprint density at radius 2 is 1.89 bits per heavy atom. The predicted octanol–water partition coefficient (Wildman–Crippen LogP) is 2.87. The lowest BCUT2D eigenvalue weighted by atomic mass is 10.1. The van der Waals surface area contributed by atoms with E-state index in [9.17, 15) is 5.11 Å². The van der Waals surface area contributed by atoms with Crippen molar-refractivity contribution in [2.45, 2.75) is 19.8 Å². The van der Waals surface area contributed by atoms with E-state index in [2.05, 4.69) is 0 Å². The van der Waals surface area contributed by atoms with Gasteiger partial charge in [0.2, 0.25) is 0 Å². The second-order valence-corrected chi connectivity index (χ2v) is 4.59. The molecule has 0 atom stereocenters. The summed E-state index contributed by atoms with van der Waals surface area (Å²) in [5, 5.41) is 9.86. The lowest BCUT2D eigenvalue weighted by Gasteiger charge is -2.11. The Kier molecular flexibility index (Phi) is 4.80. The summed E-state index contributed by atoms with van der Waals surface area (Å²) < 4.78 is 5.69. The zero-order valence-corrected chi connectivity index (χ0v) is 11.2. The van der Waals surface area contributed by atoms with Gasteiger partial charge < -0.3 is 15.6 Å². The molecule has 0 heterocycles. The summed E-state index contributed by atoms with van der Waals surface area (Å²) in [6.45, 7) is 0.783. The van der Waals surface area contributed by atoms with Crippen LogP contribution >= 0.6 is 11.6 Å². The van der Waals surface area contributed by atoms with Gasteiger partial charge in [0.05, 0.1) is 6.61 Å². The molecular formula is C15H16ClNO2. The van der Waals surface area contributed by atoms with Crippen molar-refractivity contribution in [3.05, 3.63) is 64.2 Å². The van der Waals surface area contributed by atoms with E-state index < -0.39 is 0 Å². The molecule has 0 unspecified atom stereocenters. The smallest absolute Gasteiger partial charge is 0.125 e. The molecule has 100 valence electrons. The zero-order valence-electron chi connectivity index (χ0n) is 10.5. The summed E-state index contributed by atoms with van der Waals surface area (Å²) >= 11 is 6.16. The van der Waals surface area contributed by atoms with Crippen molar-refractivity contribution in [1.82, 2.24) is 0 Å². The van der Waals surface area contributed by atoms with Crippen molar-refractivity contribution < 1.29 is 9.84 Å². The second kappa shape index (κ2) is 6.57. The number of ether oxygens (including phenoxy) is 1. The van der Waals surface area contributed by atoms with Crippen LogP contribution in [0.25, 0.3) is 0 Å². The fourth-order valence-electron chi connectivity index (χ4n) is 1.77. The maximum absolute atomic E-state index is 9.22. The summed E-state index contributed by atoms with van der Waals surface area (Å²) in [5.41, 5.74) is 8.20. The molecule has 2 rings (SSSR count). The largest absolute Gasteiger partial charge is 0.488 e. The lowest BCUT2D eigenvalue weighted by molar-refractivity contribution is 0.259. The minimum Gasteiger partial charge on any atom is -0.488 e. The van der Waals surface area contributed by atoms with E-state index in [-0.39, 0.29) is 6.61 Å². The van der Waals surface area contributed by atoms with Gasteiger partial charge >= 0.3 is 0 Å². The number of benzene rings is 2. The van der Waals surface area contributed by atoms with Gasteiger partial charge in [-0.1, -0.05) is 41.9 Å². The first-order valence-corrected chi connectivity index (χ1v) is 6.41. The maximum atomic E-state index is 9.22. The van der Waals surface area contributed by atoms with Crippen molar-refractivity contribution in [3.8, 4) is 5.75 Å². The molecule has 4 heteroatoms. The van der Waals surface area contributed by atoms with Crippen LogP contribution in [0.1, 0.15) is 16.7 Å². The van der Waals surface area contributed by atoms with Crippen molar-refractivity contribution in [2.75, 3.05) is 0 Å². The van der Waals surface area contributed by atoms with Crippen LogP contribution in [-0.4, -0.2) is 5.11 Å². The van der Waals surface area contributed by atoms with E-state index in [0.717, 1.165) is 16.7 Å². The molecule has 0 amide bonds. The van der Waals surface area contributed by atoms with Crippen molar-refractivity contribution in [1.29, 1.82) is 0 Å². The second-order valence-electron chi connectivity index (χ2n) is 4.18. The third-order valence-corrected chi connectivity index (χ3v) is 3.23. The lowest BCUT2D eigenvalue weighted by Crippen LogP contribution is -2.01. The molecule has 2 aromatic carbocycles. The third-order valence-electron chi connectivity index (χ3n) is 2.88. The van der Waals surface area contributed by atoms with Crippen molar-refractivity contribution in [2.24, 2.45) is 5.73 Å². The summed E-state index contributed by atoms with van der Waals surface area (Å²) in [6.07, 6.45) is 0. The highest BCUT2D eigenvalue weighted by Crippen LogP contribution is 2.22. The van der Waals surface area contributed by atoms with Crippen LogP contribution in [0.5, 0.6) is 5.75 Å². The van der Waals surface area contributed by atoms with Crippen LogP contribution < -0.4 is 10.5 Å². The molecule has 0 fully saturated rings. The third kappa shape index (κ3) is 3.47. The normalized spacial score (nSPS) is 10.5. The van der Waals surface area contributed by atoms with Gasteiger partial charge in [0.25, 0.3) is 0 Å². The number of aliphatic hydroxyl groups is 1. The Labute approximate surface area is 117 Å². The van der Waals surface area contributed by atoms with E-state index in [1.165, 1.54) is 0 Å². The first kappa shape index (κ1) is 13.9. The molecule has 0 radical (unpaired) electrons. The van der Waals surface area contributed by atoms with E-state index in [1.54, 1.807) is 0 Å². The SMILES string of the molecule is NCc1ccc(COc2ccccc2CO)c(Cl)c1. The standard InChI is InChI=1S/C15H16ClNO2/c16-14-7-11(8-17)5-6-13(14)10-19-15-4-2-1-3-12(15)9-18/h1-7,18H,8-10,17H2. The minimum atomic E-state index is -0.0456. The van der Waals surface area contributed by atoms with Gasteiger partial charge in [-0.15, -0.1) is 0 Å². The van der Waals surface area contributed by atoms with E-state index >= 15 is 0 Å². The Morgan fingerprint density at radius 1 is 1.11 bits per heavy atom. The minimum absolute atomic E-state index is 0.0456. The molecule has 0 aliphatic heterocycles. The highest BCUT2D eigenvalue weighted by molar-refractivity contribution is 6.31. The average Bonchev–Trinajstić information content (AvgIpc) is 2.46. The Bertz CT molecular complexity index is 558. The molecule has 0 aromatic heterocycles. The molecule has 0 saturated heterocycles. The number of hydrogen-bond acceptors (Lipinski definition) is 3. The zero-order chi connectivity index (χ0) is 13.7. The number of aliphatic hydroxyl groups excluding tert-OH is 1. The first-order chi connectivity index (χ1) is 9.24. The fraction of sp³-hybridized carbons (Fsp3) is 0.200. The van der Waals surface area contributed by atoms with Gasteiger partial charge in [0, 0.05) is 22.7 Å². The number of halogens is 1. The highest BCUT2D eigenvalue weighted by Gasteiger charge is 2.05. The molecule has 3 nitrogen and oxygen atoms in total. The topological polar surface area (TPSA) is 55.5 Å². The monoisotopic (exact) mass is 277 g/mol. The number of hydrogen-bond donors (Lipinski definition) is 2. The van der Waals surface area contributed by atoms with Crippen LogP contribution in [0.4, 0.5) is 0 Å². The first-order valence-electron chi connectivity index (χ1n) is 6.03. The van der Waals surface area contributed by atoms with E-state index in [4.69, 9.17) is 22.1 Å². The van der Waals surface area contributed by atoms with Crippen LogP contribution in [0.15, 0.2) is 42.5 Å². The fourth-order valence-corrected chi connectivity index (χ4v) is 2.02. The van der Waals surface area contributed by atoms with Crippen molar-refractivity contribution >= 4 is 11.6 Å². The van der Waals surface area contributed by atoms with Gasteiger partial charge in [-0.2, -0.15) is 0 Å². The van der Waals surface area contributed by atoms with Gasteiger partial charge in [0.15, 0.2) is 0 Å². The molecular weight excluding hydrogens is 262 g/mol. The summed E-state index contributed by atoms with van der Waals surface area (Å²) in [5.74, 6) is 0.670. The molecule has 0 aliphatic carbocycles. The molecule has 0 saturated carbocycles. The van der Waals surface area contributed by atoms with E-state index in [1.807, 2.05) is 42.5 Å². The van der Waals surface area contributed by atoms with Crippen molar-refractivity contribution in [3.63, 3.8) is 0 Å². The molecule has 19 heavy (non-hydrogen) atoms. The van der Waals surface area contributed by atoms with E-state index in [0.29, 0.717) is 23.9 Å². The molecule has 0 bridgehead atoms. The van der Waals surface area contributed by atoms with Gasteiger partial charge in [-0.05, 0) is 17.7 Å². The number of nitrogens with two attached hydrogens (primary N) is 1. The van der Waals surface area contributed by atoms with Crippen LogP contribution in [-0.2, 0) is 19.8 Å². The highest BCUT2D eigenvalue weighted by atomic mass is 35.5. The summed E-state index contributed by atoms with van der Waals surface area (Å²) in [6, 6.07) is 13.1. The van der Waals surface area contributed by atoms with Gasteiger partial charge in [0.1, 0.15) is 12.4 Å². The van der Waals surface area contributed by atoms with Gasteiger partial charge in [-0.25, -0.2) is 0 Å². The maximum Gasteiger partial charge on any atom is 0.125 e. The van der Waals surface area contributed by atoms with Crippen LogP contribution in [0.2, 0.25) is 5.02 Å². The summed E-state index contributed by atoms with van der Waals surface area (Å²) in [7, 11) is 0. The van der Waals surface area contributed by atoms with Crippen LogP contribution in [0.3, 0.4) is 0 Å². The number of rotatable bonds is 5. The average molecular weight is 278 g/mol. The molecule has 0 aliphatic rings. The Hall–Kier alpha value is -1.55.